The lowest BCUT2D eigenvalue weighted by Gasteiger charge is -2.28. The monoisotopic (exact) mass is 219 g/mol. The van der Waals surface area contributed by atoms with Gasteiger partial charge in [-0.05, 0) is 39.0 Å². The molecule has 0 unspecified atom stereocenters. The van der Waals surface area contributed by atoms with Gasteiger partial charge in [-0.2, -0.15) is 0 Å². The second-order valence-corrected chi connectivity index (χ2v) is 4.44. The molecule has 1 aromatic heterocycles. The molecule has 1 aromatic rings. The summed E-state index contributed by atoms with van der Waals surface area (Å²) >= 11 is 0. The number of piperidine rings is 1. The SMILES string of the molecule is CC(=O)c1nccc(C2CCN(C)CC2)n1. The van der Waals surface area contributed by atoms with Crippen LogP contribution in [0, 0.1) is 0 Å². The zero-order valence-corrected chi connectivity index (χ0v) is 9.81. The maximum absolute atomic E-state index is 11.2. The Labute approximate surface area is 95.7 Å². The van der Waals surface area contributed by atoms with Crippen LogP contribution in [-0.2, 0) is 0 Å². The number of carbonyl (C=O) groups excluding carboxylic acids is 1. The summed E-state index contributed by atoms with van der Waals surface area (Å²) in [5, 5.41) is 0. The molecule has 0 atom stereocenters. The van der Waals surface area contributed by atoms with Crippen molar-refractivity contribution < 1.29 is 4.79 Å². The summed E-state index contributed by atoms with van der Waals surface area (Å²) in [7, 11) is 2.14. The van der Waals surface area contributed by atoms with Crippen molar-refractivity contribution in [2.24, 2.45) is 0 Å². The molecule has 2 heterocycles. The minimum atomic E-state index is -0.0604. The number of hydrogen-bond donors (Lipinski definition) is 0. The van der Waals surface area contributed by atoms with E-state index in [1.54, 1.807) is 6.20 Å². The maximum Gasteiger partial charge on any atom is 0.196 e. The standard InChI is InChI=1S/C12H17N3O/c1-9(16)12-13-6-3-11(14-12)10-4-7-15(2)8-5-10/h3,6,10H,4-5,7-8H2,1-2H3. The lowest BCUT2D eigenvalue weighted by molar-refractivity contribution is 0.100. The van der Waals surface area contributed by atoms with E-state index in [1.807, 2.05) is 6.07 Å². The molecule has 0 N–H and O–H groups in total. The molecule has 1 aliphatic heterocycles. The van der Waals surface area contributed by atoms with Gasteiger partial charge in [0, 0.05) is 24.7 Å². The summed E-state index contributed by atoms with van der Waals surface area (Å²) in [6, 6.07) is 1.93. The Morgan fingerprint density at radius 3 is 2.75 bits per heavy atom. The third kappa shape index (κ3) is 2.44. The second kappa shape index (κ2) is 4.70. The predicted octanol–water partition coefficient (Wildman–Crippen LogP) is 1.49. The van der Waals surface area contributed by atoms with Crippen LogP contribution >= 0.6 is 0 Å². The highest BCUT2D eigenvalue weighted by atomic mass is 16.1. The zero-order valence-electron chi connectivity index (χ0n) is 9.81. The number of nitrogens with zero attached hydrogens (tertiary/aromatic N) is 3. The van der Waals surface area contributed by atoms with Gasteiger partial charge in [0.1, 0.15) is 0 Å². The molecule has 0 radical (unpaired) electrons. The van der Waals surface area contributed by atoms with Gasteiger partial charge in [-0.25, -0.2) is 9.97 Å². The zero-order chi connectivity index (χ0) is 11.5. The smallest absolute Gasteiger partial charge is 0.196 e. The largest absolute Gasteiger partial charge is 0.306 e. The quantitative estimate of drug-likeness (QED) is 0.707. The average Bonchev–Trinajstić information content (AvgIpc) is 2.30. The van der Waals surface area contributed by atoms with Gasteiger partial charge in [0.2, 0.25) is 0 Å². The van der Waals surface area contributed by atoms with E-state index in [0.29, 0.717) is 11.7 Å². The number of hydrogen-bond acceptors (Lipinski definition) is 4. The van der Waals surface area contributed by atoms with Crippen LogP contribution < -0.4 is 0 Å². The fraction of sp³-hybridized carbons (Fsp3) is 0.583. The fourth-order valence-electron chi connectivity index (χ4n) is 2.07. The molecule has 1 saturated heterocycles. The Hall–Kier alpha value is -1.29. The maximum atomic E-state index is 11.2. The normalized spacial score (nSPS) is 18.6. The average molecular weight is 219 g/mol. The van der Waals surface area contributed by atoms with Gasteiger partial charge in [-0.1, -0.05) is 0 Å². The van der Waals surface area contributed by atoms with Crippen LogP contribution in [0.2, 0.25) is 0 Å². The summed E-state index contributed by atoms with van der Waals surface area (Å²) < 4.78 is 0. The van der Waals surface area contributed by atoms with Crippen LogP contribution in [0.25, 0.3) is 0 Å². The van der Waals surface area contributed by atoms with Crippen molar-refractivity contribution in [2.75, 3.05) is 20.1 Å². The summed E-state index contributed by atoms with van der Waals surface area (Å²) in [4.78, 5) is 21.8. The van der Waals surface area contributed by atoms with Crippen LogP contribution in [0.5, 0.6) is 0 Å². The number of likely N-dealkylation sites (tertiary alicyclic amines) is 1. The highest BCUT2D eigenvalue weighted by Crippen LogP contribution is 2.25. The summed E-state index contributed by atoms with van der Waals surface area (Å²) in [5.74, 6) is 0.767. The summed E-state index contributed by atoms with van der Waals surface area (Å²) in [5.41, 5.74) is 1.02. The number of carbonyl (C=O) groups is 1. The predicted molar refractivity (Wildman–Crippen MR) is 61.5 cm³/mol. The third-order valence-corrected chi connectivity index (χ3v) is 3.13. The molecule has 4 nitrogen and oxygen atoms in total. The molecule has 0 aromatic carbocycles. The first-order valence-electron chi connectivity index (χ1n) is 5.69. The summed E-state index contributed by atoms with van der Waals surface area (Å²) in [6.07, 6.45) is 3.92. The minimum absolute atomic E-state index is 0.0604. The van der Waals surface area contributed by atoms with E-state index in [1.165, 1.54) is 6.92 Å². The van der Waals surface area contributed by atoms with Crippen molar-refractivity contribution in [1.29, 1.82) is 0 Å². The van der Waals surface area contributed by atoms with Crippen molar-refractivity contribution in [3.05, 3.63) is 23.8 Å². The van der Waals surface area contributed by atoms with Crippen LogP contribution in [0.15, 0.2) is 12.3 Å². The van der Waals surface area contributed by atoms with Gasteiger partial charge in [-0.3, -0.25) is 4.79 Å². The van der Waals surface area contributed by atoms with Crippen LogP contribution in [0.3, 0.4) is 0 Å². The first kappa shape index (κ1) is 11.2. The Balaban J connectivity index is 2.14. The number of Topliss-reactive ketones (excluding diaryl/α,β-unsaturated/α-hetero) is 1. The van der Waals surface area contributed by atoms with Crippen molar-refractivity contribution in [3.63, 3.8) is 0 Å². The minimum Gasteiger partial charge on any atom is -0.306 e. The Bertz CT molecular complexity index is 384. The van der Waals surface area contributed by atoms with E-state index in [9.17, 15) is 4.79 Å². The van der Waals surface area contributed by atoms with Gasteiger partial charge in [0.25, 0.3) is 0 Å². The van der Waals surface area contributed by atoms with Crippen molar-refractivity contribution >= 4 is 5.78 Å². The van der Waals surface area contributed by atoms with E-state index in [4.69, 9.17) is 0 Å². The molecule has 16 heavy (non-hydrogen) atoms. The highest BCUT2D eigenvalue weighted by Gasteiger charge is 2.20. The molecule has 0 saturated carbocycles. The van der Waals surface area contributed by atoms with Crippen LogP contribution in [0.4, 0.5) is 0 Å². The van der Waals surface area contributed by atoms with Gasteiger partial charge >= 0.3 is 0 Å². The Kier molecular flexibility index (Phi) is 3.29. The molecular weight excluding hydrogens is 202 g/mol. The molecule has 2 rings (SSSR count). The first-order valence-corrected chi connectivity index (χ1v) is 5.69. The third-order valence-electron chi connectivity index (χ3n) is 3.13. The van der Waals surface area contributed by atoms with Gasteiger partial charge in [0.05, 0.1) is 0 Å². The molecule has 0 bridgehead atoms. The van der Waals surface area contributed by atoms with Crippen molar-refractivity contribution in [1.82, 2.24) is 14.9 Å². The first-order chi connectivity index (χ1) is 7.66. The van der Waals surface area contributed by atoms with E-state index >= 15 is 0 Å². The number of aromatic nitrogens is 2. The van der Waals surface area contributed by atoms with Gasteiger partial charge < -0.3 is 4.90 Å². The van der Waals surface area contributed by atoms with E-state index in [2.05, 4.69) is 21.9 Å². The summed E-state index contributed by atoms with van der Waals surface area (Å²) in [6.45, 7) is 3.71. The molecule has 0 amide bonds. The lowest BCUT2D eigenvalue weighted by atomic mass is 9.93. The number of ketones is 1. The van der Waals surface area contributed by atoms with E-state index < -0.39 is 0 Å². The lowest BCUT2D eigenvalue weighted by Crippen LogP contribution is -2.29. The van der Waals surface area contributed by atoms with Gasteiger partial charge in [-0.15, -0.1) is 0 Å². The topological polar surface area (TPSA) is 46.1 Å². The molecule has 0 aliphatic carbocycles. The fourth-order valence-corrected chi connectivity index (χ4v) is 2.07. The van der Waals surface area contributed by atoms with Crippen LogP contribution in [-0.4, -0.2) is 40.8 Å². The molecule has 4 heteroatoms. The Morgan fingerprint density at radius 2 is 2.12 bits per heavy atom. The molecule has 86 valence electrons. The van der Waals surface area contributed by atoms with E-state index in [-0.39, 0.29) is 5.78 Å². The molecule has 1 aliphatic rings. The van der Waals surface area contributed by atoms with Gasteiger partial charge in [0.15, 0.2) is 11.6 Å². The van der Waals surface area contributed by atoms with Crippen LogP contribution in [0.1, 0.15) is 42.0 Å². The Morgan fingerprint density at radius 1 is 1.44 bits per heavy atom. The van der Waals surface area contributed by atoms with E-state index in [0.717, 1.165) is 31.6 Å². The molecule has 1 fully saturated rings. The molecule has 0 spiro atoms. The molecular formula is C12H17N3O. The van der Waals surface area contributed by atoms with Crippen molar-refractivity contribution in [3.8, 4) is 0 Å². The number of rotatable bonds is 2. The second-order valence-electron chi connectivity index (χ2n) is 4.44. The highest BCUT2D eigenvalue weighted by molar-refractivity contribution is 5.90. The van der Waals surface area contributed by atoms with Crippen molar-refractivity contribution in [2.45, 2.75) is 25.7 Å².